The number of nitrogens with one attached hydrogen (secondary N) is 1. The second-order valence-electron chi connectivity index (χ2n) is 5.14. The summed E-state index contributed by atoms with van der Waals surface area (Å²) < 4.78 is 5.19. The van der Waals surface area contributed by atoms with Gasteiger partial charge in [0.15, 0.2) is 0 Å². The predicted molar refractivity (Wildman–Crippen MR) is 69.2 cm³/mol. The topological polar surface area (TPSA) is 41.5 Å². The van der Waals surface area contributed by atoms with Crippen LogP contribution in [0.4, 0.5) is 5.69 Å². The Hall–Kier alpha value is -1.06. The molecule has 2 unspecified atom stereocenters. The molecule has 1 heterocycles. The van der Waals surface area contributed by atoms with Crippen LogP contribution in [-0.4, -0.2) is 30.5 Å². The zero-order valence-corrected chi connectivity index (χ0v) is 10.7. The van der Waals surface area contributed by atoms with E-state index in [1.807, 2.05) is 26.0 Å². The van der Waals surface area contributed by atoms with Gasteiger partial charge in [0.05, 0.1) is 12.6 Å². The summed E-state index contributed by atoms with van der Waals surface area (Å²) in [6, 6.07) is 8.24. The monoisotopic (exact) mass is 235 g/mol. The molecule has 17 heavy (non-hydrogen) atoms. The van der Waals surface area contributed by atoms with Crippen LogP contribution in [-0.2, 0) is 11.2 Å². The van der Waals surface area contributed by atoms with Gasteiger partial charge in [-0.2, -0.15) is 0 Å². The van der Waals surface area contributed by atoms with Crippen LogP contribution < -0.4 is 5.32 Å². The van der Waals surface area contributed by atoms with Crippen molar-refractivity contribution < 1.29 is 9.84 Å². The molecule has 0 fully saturated rings. The van der Waals surface area contributed by atoms with E-state index in [9.17, 15) is 5.11 Å². The van der Waals surface area contributed by atoms with E-state index < -0.39 is 5.60 Å². The number of anilines is 1. The van der Waals surface area contributed by atoms with Crippen molar-refractivity contribution in [1.29, 1.82) is 0 Å². The van der Waals surface area contributed by atoms with E-state index >= 15 is 0 Å². The Morgan fingerprint density at radius 1 is 1.47 bits per heavy atom. The lowest BCUT2D eigenvalue weighted by molar-refractivity contribution is -0.0758. The van der Waals surface area contributed by atoms with Crippen molar-refractivity contribution in [2.45, 2.75) is 31.9 Å². The molecule has 2 atom stereocenters. The SMILES string of the molecule is COCC(O)(C(C)C)C1Cc2ccccc2N1. The maximum atomic E-state index is 10.8. The van der Waals surface area contributed by atoms with Crippen LogP contribution in [0, 0.1) is 5.92 Å². The Morgan fingerprint density at radius 3 is 2.76 bits per heavy atom. The minimum atomic E-state index is -0.826. The van der Waals surface area contributed by atoms with Crippen LogP contribution in [0.15, 0.2) is 24.3 Å². The molecule has 94 valence electrons. The lowest BCUT2D eigenvalue weighted by atomic mass is 9.82. The fourth-order valence-electron chi connectivity index (χ4n) is 2.50. The van der Waals surface area contributed by atoms with Crippen molar-refractivity contribution in [2.75, 3.05) is 19.0 Å². The summed E-state index contributed by atoms with van der Waals surface area (Å²) in [4.78, 5) is 0. The lowest BCUT2D eigenvalue weighted by Gasteiger charge is -2.37. The summed E-state index contributed by atoms with van der Waals surface area (Å²) >= 11 is 0. The summed E-state index contributed by atoms with van der Waals surface area (Å²) in [6.45, 7) is 4.42. The van der Waals surface area contributed by atoms with Crippen molar-refractivity contribution in [1.82, 2.24) is 0 Å². The molecule has 2 rings (SSSR count). The molecule has 0 aromatic heterocycles. The summed E-state index contributed by atoms with van der Waals surface area (Å²) in [6.07, 6.45) is 0.855. The maximum absolute atomic E-state index is 10.8. The van der Waals surface area contributed by atoms with Gasteiger partial charge in [-0.25, -0.2) is 0 Å². The van der Waals surface area contributed by atoms with E-state index in [1.165, 1.54) is 5.56 Å². The molecule has 0 amide bonds. The number of para-hydroxylation sites is 1. The average molecular weight is 235 g/mol. The highest BCUT2D eigenvalue weighted by Gasteiger charge is 2.42. The molecule has 0 bridgehead atoms. The standard InChI is InChI=1S/C14H21NO2/c1-10(2)14(16,9-17-3)13-8-11-6-4-5-7-12(11)15-13/h4-7,10,13,15-16H,8-9H2,1-3H3. The third-order valence-electron chi connectivity index (χ3n) is 3.75. The third kappa shape index (κ3) is 2.17. The first kappa shape index (κ1) is 12.4. The smallest absolute Gasteiger partial charge is 0.110 e. The van der Waals surface area contributed by atoms with E-state index in [0.29, 0.717) is 6.61 Å². The molecule has 0 saturated heterocycles. The number of ether oxygens (including phenoxy) is 1. The Labute approximate surface area is 103 Å². The number of rotatable bonds is 4. The second kappa shape index (κ2) is 4.67. The molecule has 3 heteroatoms. The van der Waals surface area contributed by atoms with E-state index in [4.69, 9.17) is 4.74 Å². The Bertz CT molecular complexity index is 367. The van der Waals surface area contributed by atoms with Crippen LogP contribution in [0.3, 0.4) is 0 Å². The van der Waals surface area contributed by atoms with Crippen LogP contribution in [0.5, 0.6) is 0 Å². The number of methoxy groups -OCH3 is 1. The highest BCUT2D eigenvalue weighted by atomic mass is 16.5. The lowest BCUT2D eigenvalue weighted by Crippen LogP contribution is -2.53. The fraction of sp³-hybridized carbons (Fsp3) is 0.571. The summed E-state index contributed by atoms with van der Waals surface area (Å²) in [5, 5.41) is 14.2. The van der Waals surface area contributed by atoms with Gasteiger partial charge in [0.2, 0.25) is 0 Å². The molecular formula is C14H21NO2. The van der Waals surface area contributed by atoms with E-state index in [1.54, 1.807) is 7.11 Å². The van der Waals surface area contributed by atoms with Crippen molar-refractivity contribution >= 4 is 5.69 Å². The molecule has 0 aliphatic carbocycles. The van der Waals surface area contributed by atoms with Crippen LogP contribution in [0.25, 0.3) is 0 Å². The number of hydrogen-bond acceptors (Lipinski definition) is 3. The highest BCUT2D eigenvalue weighted by Crippen LogP contribution is 2.34. The molecule has 0 saturated carbocycles. The number of fused-ring (bicyclic) bond motifs is 1. The average Bonchev–Trinajstić information content (AvgIpc) is 2.72. The maximum Gasteiger partial charge on any atom is 0.110 e. The van der Waals surface area contributed by atoms with Crippen molar-refractivity contribution in [3.05, 3.63) is 29.8 Å². The number of benzene rings is 1. The van der Waals surface area contributed by atoms with Crippen LogP contribution in [0.2, 0.25) is 0 Å². The minimum absolute atomic E-state index is 0.0276. The van der Waals surface area contributed by atoms with Gasteiger partial charge < -0.3 is 15.2 Å². The predicted octanol–water partition coefficient (Wildman–Crippen LogP) is 2.06. The molecule has 1 aromatic rings. The first-order chi connectivity index (χ1) is 8.08. The highest BCUT2D eigenvalue weighted by molar-refractivity contribution is 5.57. The van der Waals surface area contributed by atoms with Crippen molar-refractivity contribution in [3.63, 3.8) is 0 Å². The zero-order chi connectivity index (χ0) is 12.5. The van der Waals surface area contributed by atoms with E-state index in [0.717, 1.165) is 12.1 Å². The van der Waals surface area contributed by atoms with Gasteiger partial charge in [0.25, 0.3) is 0 Å². The van der Waals surface area contributed by atoms with E-state index in [-0.39, 0.29) is 12.0 Å². The molecule has 1 aliphatic heterocycles. The van der Waals surface area contributed by atoms with Crippen molar-refractivity contribution in [2.24, 2.45) is 5.92 Å². The second-order valence-corrected chi connectivity index (χ2v) is 5.14. The largest absolute Gasteiger partial charge is 0.385 e. The van der Waals surface area contributed by atoms with Gasteiger partial charge in [0.1, 0.15) is 5.60 Å². The summed E-state index contributed by atoms with van der Waals surface area (Å²) in [5.74, 6) is 0.147. The molecule has 3 nitrogen and oxygen atoms in total. The molecule has 2 N–H and O–H groups in total. The number of hydrogen-bond donors (Lipinski definition) is 2. The van der Waals surface area contributed by atoms with Gasteiger partial charge >= 0.3 is 0 Å². The normalized spacial score (nSPS) is 22.1. The van der Waals surface area contributed by atoms with Gasteiger partial charge in [0, 0.05) is 12.8 Å². The minimum Gasteiger partial charge on any atom is -0.385 e. The molecule has 1 aliphatic rings. The summed E-state index contributed by atoms with van der Waals surface area (Å²) in [5.41, 5.74) is 1.58. The van der Waals surface area contributed by atoms with Gasteiger partial charge in [-0.3, -0.25) is 0 Å². The molecule has 0 spiro atoms. The Kier molecular flexibility index (Phi) is 3.40. The van der Waals surface area contributed by atoms with Crippen molar-refractivity contribution in [3.8, 4) is 0 Å². The quantitative estimate of drug-likeness (QED) is 0.839. The van der Waals surface area contributed by atoms with E-state index in [2.05, 4.69) is 17.4 Å². The van der Waals surface area contributed by atoms with Gasteiger partial charge in [-0.15, -0.1) is 0 Å². The Morgan fingerprint density at radius 2 is 2.18 bits per heavy atom. The third-order valence-corrected chi connectivity index (χ3v) is 3.75. The number of aliphatic hydroxyl groups is 1. The van der Waals surface area contributed by atoms with Gasteiger partial charge in [-0.1, -0.05) is 32.0 Å². The summed E-state index contributed by atoms with van der Waals surface area (Å²) in [7, 11) is 1.63. The Balaban J connectivity index is 2.20. The van der Waals surface area contributed by atoms with Crippen LogP contribution >= 0.6 is 0 Å². The first-order valence-corrected chi connectivity index (χ1v) is 6.13. The zero-order valence-electron chi connectivity index (χ0n) is 10.7. The molecule has 1 aromatic carbocycles. The molecular weight excluding hydrogens is 214 g/mol. The molecule has 0 radical (unpaired) electrons. The van der Waals surface area contributed by atoms with Gasteiger partial charge in [-0.05, 0) is 24.0 Å². The van der Waals surface area contributed by atoms with Crippen LogP contribution in [0.1, 0.15) is 19.4 Å². The first-order valence-electron chi connectivity index (χ1n) is 6.13. The fourth-order valence-corrected chi connectivity index (χ4v) is 2.50.